The van der Waals surface area contributed by atoms with E-state index in [1.807, 2.05) is 18.2 Å². The highest BCUT2D eigenvalue weighted by Crippen LogP contribution is 2.28. The minimum Gasteiger partial charge on any atom is -0.486 e. The van der Waals surface area contributed by atoms with Gasteiger partial charge in [-0.25, -0.2) is 0 Å². The van der Waals surface area contributed by atoms with Crippen molar-refractivity contribution in [2.45, 2.75) is 44.9 Å². The quantitative estimate of drug-likeness (QED) is 0.925. The van der Waals surface area contributed by atoms with Gasteiger partial charge in [0.15, 0.2) is 5.78 Å². The average molecular weight is 287 g/mol. The molecule has 112 valence electrons. The first kappa shape index (κ1) is 14.1. The molecule has 0 bridgehead atoms. The molecule has 0 radical (unpaired) electrons. The molecule has 4 nitrogen and oxygen atoms in total. The van der Waals surface area contributed by atoms with Crippen LogP contribution in [0.15, 0.2) is 18.2 Å². The van der Waals surface area contributed by atoms with Crippen LogP contribution in [0.5, 0.6) is 5.75 Å². The lowest BCUT2D eigenvalue weighted by molar-refractivity contribution is -0.125. The predicted octanol–water partition coefficient (Wildman–Crippen LogP) is 3.10. The normalized spacial score (nSPS) is 18.8. The summed E-state index contributed by atoms with van der Waals surface area (Å²) in [5.41, 5.74) is 1.94. The molecule has 1 aliphatic heterocycles. The topological polar surface area (TPSA) is 55.4 Å². The summed E-state index contributed by atoms with van der Waals surface area (Å²) in [7, 11) is 0. The molecule has 1 heterocycles. The number of carbonyl (C=O) groups is 2. The van der Waals surface area contributed by atoms with Gasteiger partial charge in [0.2, 0.25) is 5.91 Å². The van der Waals surface area contributed by atoms with Crippen LogP contribution in [-0.2, 0) is 16.0 Å². The third-order valence-electron chi connectivity index (χ3n) is 4.41. The molecule has 1 aromatic carbocycles. The molecule has 3 rings (SSSR count). The minimum absolute atomic E-state index is 0.0589. The summed E-state index contributed by atoms with van der Waals surface area (Å²) in [6, 6.07) is 5.61. The van der Waals surface area contributed by atoms with E-state index in [9.17, 15) is 9.59 Å². The second-order valence-electron chi connectivity index (χ2n) is 5.96. The van der Waals surface area contributed by atoms with E-state index in [-0.39, 0.29) is 24.2 Å². The summed E-state index contributed by atoms with van der Waals surface area (Å²) in [4.78, 5) is 23.4. The van der Waals surface area contributed by atoms with Crippen LogP contribution >= 0.6 is 0 Å². The van der Waals surface area contributed by atoms with Crippen LogP contribution in [0.4, 0.5) is 5.69 Å². The van der Waals surface area contributed by atoms with Crippen molar-refractivity contribution in [3.63, 3.8) is 0 Å². The minimum atomic E-state index is 0.0589. The lowest BCUT2D eigenvalue weighted by Gasteiger charge is -2.21. The number of ketones is 1. The Morgan fingerprint density at radius 1 is 1.19 bits per heavy atom. The molecule has 21 heavy (non-hydrogen) atoms. The number of hydrogen-bond donors (Lipinski definition) is 1. The summed E-state index contributed by atoms with van der Waals surface area (Å²) in [6.07, 6.45) is 6.84. The summed E-state index contributed by atoms with van der Waals surface area (Å²) >= 11 is 0. The fraction of sp³-hybridized carbons (Fsp3) is 0.529. The Hall–Kier alpha value is -1.84. The highest BCUT2D eigenvalue weighted by atomic mass is 16.5. The highest BCUT2D eigenvalue weighted by molar-refractivity contribution is 5.94. The fourth-order valence-corrected chi connectivity index (χ4v) is 3.15. The molecule has 1 aromatic rings. The Morgan fingerprint density at radius 2 is 2.00 bits per heavy atom. The third-order valence-corrected chi connectivity index (χ3v) is 4.41. The van der Waals surface area contributed by atoms with Crippen LogP contribution in [-0.4, -0.2) is 18.3 Å². The number of nitrogens with one attached hydrogen (secondary N) is 1. The lowest BCUT2D eigenvalue weighted by Crippen LogP contribution is -2.23. The van der Waals surface area contributed by atoms with Gasteiger partial charge in [0.05, 0.1) is 0 Å². The maximum atomic E-state index is 12.1. The second kappa shape index (κ2) is 6.29. The smallest absolute Gasteiger partial charge is 0.224 e. The zero-order valence-electron chi connectivity index (χ0n) is 12.2. The molecule has 1 saturated carbocycles. The van der Waals surface area contributed by atoms with E-state index in [0.29, 0.717) is 12.2 Å². The Balaban J connectivity index is 1.58. The molecule has 0 unspecified atom stereocenters. The Bertz CT molecular complexity index is 547. The van der Waals surface area contributed by atoms with Gasteiger partial charge in [0, 0.05) is 18.0 Å². The molecule has 0 atom stereocenters. The van der Waals surface area contributed by atoms with Crippen LogP contribution in [0.3, 0.4) is 0 Å². The second-order valence-corrected chi connectivity index (χ2v) is 5.96. The van der Waals surface area contributed by atoms with Crippen LogP contribution in [0.25, 0.3) is 0 Å². The van der Waals surface area contributed by atoms with Crippen LogP contribution < -0.4 is 10.1 Å². The monoisotopic (exact) mass is 287 g/mol. The molecular weight excluding hydrogens is 266 g/mol. The average Bonchev–Trinajstić information content (AvgIpc) is 2.53. The van der Waals surface area contributed by atoms with Crippen LogP contribution in [0.2, 0.25) is 0 Å². The number of ether oxygens (including phenoxy) is 1. The number of amides is 1. The summed E-state index contributed by atoms with van der Waals surface area (Å²) < 4.78 is 5.65. The summed E-state index contributed by atoms with van der Waals surface area (Å²) in [6.45, 7) is 0.163. The Kier molecular flexibility index (Phi) is 4.23. The van der Waals surface area contributed by atoms with E-state index in [4.69, 9.17) is 4.74 Å². The highest BCUT2D eigenvalue weighted by Gasteiger charge is 2.21. The largest absolute Gasteiger partial charge is 0.486 e. The Morgan fingerprint density at radius 3 is 2.81 bits per heavy atom. The van der Waals surface area contributed by atoms with Gasteiger partial charge in [-0.15, -0.1) is 0 Å². The number of aryl methyl sites for hydroxylation is 1. The molecule has 1 aliphatic carbocycles. The molecule has 0 saturated heterocycles. The van der Waals surface area contributed by atoms with Gasteiger partial charge in [-0.05, 0) is 43.0 Å². The number of benzene rings is 1. The molecule has 4 heteroatoms. The summed E-state index contributed by atoms with van der Waals surface area (Å²) in [5, 5.41) is 2.84. The van der Waals surface area contributed by atoms with Crippen molar-refractivity contribution < 1.29 is 14.3 Å². The van der Waals surface area contributed by atoms with Gasteiger partial charge in [0.1, 0.15) is 12.4 Å². The van der Waals surface area contributed by atoms with Crippen molar-refractivity contribution in [1.29, 1.82) is 0 Å². The number of carbonyl (C=O) groups excluding carboxylic acids is 2. The van der Waals surface area contributed by atoms with E-state index in [0.717, 1.165) is 43.4 Å². The van der Waals surface area contributed by atoms with Crippen molar-refractivity contribution in [2.75, 3.05) is 11.9 Å². The van der Waals surface area contributed by atoms with Crippen molar-refractivity contribution >= 4 is 17.4 Å². The Labute approximate surface area is 124 Å². The molecule has 1 N–H and O–H groups in total. The standard InChI is InChI=1S/C17H21NO3/c19-16(12-4-2-1-3-5-12)11-21-14-7-8-15-13(10-14)6-9-17(20)18-15/h7-8,10,12H,1-6,9,11H2,(H,18,20). The maximum Gasteiger partial charge on any atom is 0.224 e. The maximum absolute atomic E-state index is 12.1. The van der Waals surface area contributed by atoms with Crippen molar-refractivity contribution in [3.8, 4) is 5.75 Å². The molecule has 2 aliphatic rings. The van der Waals surface area contributed by atoms with Crippen LogP contribution in [0.1, 0.15) is 44.1 Å². The van der Waals surface area contributed by atoms with E-state index < -0.39 is 0 Å². The molecule has 0 spiro atoms. The van der Waals surface area contributed by atoms with Crippen molar-refractivity contribution in [2.24, 2.45) is 5.92 Å². The van der Waals surface area contributed by atoms with Crippen molar-refractivity contribution in [3.05, 3.63) is 23.8 Å². The number of Topliss-reactive ketones (excluding diaryl/α,β-unsaturated/α-hetero) is 1. The molecule has 0 aromatic heterocycles. The van der Waals surface area contributed by atoms with E-state index in [1.54, 1.807) is 0 Å². The first-order valence-electron chi connectivity index (χ1n) is 7.80. The lowest BCUT2D eigenvalue weighted by atomic mass is 9.86. The number of rotatable bonds is 4. The van der Waals surface area contributed by atoms with E-state index in [2.05, 4.69) is 5.32 Å². The predicted molar refractivity (Wildman–Crippen MR) is 80.5 cm³/mol. The number of anilines is 1. The fourth-order valence-electron chi connectivity index (χ4n) is 3.15. The zero-order chi connectivity index (χ0) is 14.7. The molecule has 1 amide bonds. The third kappa shape index (κ3) is 3.43. The van der Waals surface area contributed by atoms with Gasteiger partial charge in [0.25, 0.3) is 0 Å². The molecular formula is C17H21NO3. The van der Waals surface area contributed by atoms with Crippen LogP contribution in [0, 0.1) is 5.92 Å². The molecule has 1 fully saturated rings. The number of hydrogen-bond acceptors (Lipinski definition) is 3. The van der Waals surface area contributed by atoms with Gasteiger partial charge >= 0.3 is 0 Å². The van der Waals surface area contributed by atoms with Gasteiger partial charge < -0.3 is 10.1 Å². The van der Waals surface area contributed by atoms with E-state index >= 15 is 0 Å². The first-order valence-corrected chi connectivity index (χ1v) is 7.80. The van der Waals surface area contributed by atoms with Gasteiger partial charge in [-0.1, -0.05) is 19.3 Å². The van der Waals surface area contributed by atoms with Crippen molar-refractivity contribution in [1.82, 2.24) is 0 Å². The van der Waals surface area contributed by atoms with E-state index in [1.165, 1.54) is 6.42 Å². The van der Waals surface area contributed by atoms with Gasteiger partial charge in [-0.2, -0.15) is 0 Å². The SMILES string of the molecule is O=C1CCc2cc(OCC(=O)C3CCCCC3)ccc2N1. The summed E-state index contributed by atoms with van der Waals surface area (Å²) in [5.74, 6) is 1.19. The van der Waals surface area contributed by atoms with Gasteiger partial charge in [-0.3, -0.25) is 9.59 Å². The first-order chi connectivity index (χ1) is 10.2. The zero-order valence-corrected chi connectivity index (χ0v) is 12.2. The number of fused-ring (bicyclic) bond motifs is 1.